The van der Waals surface area contributed by atoms with Gasteiger partial charge in [-0.1, -0.05) is 71.9 Å². The highest BCUT2D eigenvalue weighted by Crippen LogP contribution is 2.41. The predicted molar refractivity (Wildman–Crippen MR) is 229 cm³/mol. The first kappa shape index (κ1) is 50.6. The number of rotatable bonds is 25. The lowest BCUT2D eigenvalue weighted by atomic mass is 10.1. The maximum Gasteiger partial charge on any atom is 0.307 e. The summed E-state index contributed by atoms with van der Waals surface area (Å²) in [5.74, 6) is -1.53. The van der Waals surface area contributed by atoms with E-state index in [2.05, 4.69) is 0 Å². The van der Waals surface area contributed by atoms with E-state index in [1.807, 2.05) is 111 Å². The van der Waals surface area contributed by atoms with Gasteiger partial charge in [0.15, 0.2) is 25.0 Å². The van der Waals surface area contributed by atoms with E-state index in [4.69, 9.17) is 10.5 Å². The Morgan fingerprint density at radius 2 is 0.964 bits per heavy atom. The number of hydrogen-bond acceptors (Lipinski definition) is 9. The minimum Gasteiger partial charge on any atom is -0.461 e. The Morgan fingerprint density at radius 1 is 0.600 bits per heavy atom. The highest BCUT2D eigenvalue weighted by molar-refractivity contribution is 6.73. The Hall–Kier alpha value is -2.41. The molecule has 0 aliphatic carbocycles. The van der Waals surface area contributed by atoms with Gasteiger partial charge in [0.25, 0.3) is 0 Å². The van der Waals surface area contributed by atoms with Crippen LogP contribution < -0.4 is 5.73 Å². The van der Waals surface area contributed by atoms with Crippen LogP contribution in [0.3, 0.4) is 0 Å². The molecule has 5 N–H and O–H groups in total. The van der Waals surface area contributed by atoms with Gasteiger partial charge >= 0.3 is 5.97 Å². The average Bonchev–Trinajstić information content (AvgIpc) is 3.06. The smallest absolute Gasteiger partial charge is 0.307 e. The Kier molecular flexibility index (Phi) is 19.7. The molecule has 0 radical (unpaired) electrons. The maximum atomic E-state index is 14.2. The van der Waals surface area contributed by atoms with Crippen molar-refractivity contribution in [3.8, 4) is 0 Å². The fourth-order valence-electron chi connectivity index (χ4n) is 5.69. The van der Waals surface area contributed by atoms with Crippen LogP contribution in [0, 0.1) is 0 Å². The van der Waals surface area contributed by atoms with Gasteiger partial charge in [0.2, 0.25) is 17.7 Å². The van der Waals surface area contributed by atoms with Crippen LogP contribution in [0.15, 0.2) is 30.3 Å². The molecule has 1 aromatic carbocycles. The Labute approximate surface area is 335 Å². The molecule has 1 rings (SSSR count). The topological polar surface area (TPSA) is 174 Å². The van der Waals surface area contributed by atoms with Gasteiger partial charge in [0.05, 0.1) is 26.1 Å². The normalized spacial score (nSPS) is 13.0. The third-order valence-corrected chi connectivity index (χ3v) is 23.1. The molecular formula is C40H76N4O8Si3. The van der Waals surface area contributed by atoms with E-state index in [1.54, 1.807) is 4.90 Å². The second-order valence-electron chi connectivity index (χ2n) is 18.8. The number of nitrogens with two attached hydrogens (primary N) is 1. The van der Waals surface area contributed by atoms with Crippen LogP contribution in [0.2, 0.25) is 54.4 Å². The Morgan fingerprint density at radius 3 is 1.35 bits per heavy atom. The van der Waals surface area contributed by atoms with Crippen molar-refractivity contribution in [2.24, 2.45) is 5.73 Å². The minimum absolute atomic E-state index is 0.0246. The Balaban J connectivity index is 3.30. The van der Waals surface area contributed by atoms with Crippen molar-refractivity contribution in [2.45, 2.75) is 147 Å². The van der Waals surface area contributed by atoms with E-state index in [9.17, 15) is 33.6 Å². The fourth-order valence-corrected chi connectivity index (χ4v) is 8.06. The number of ether oxygens (including phenoxy) is 1. The first-order valence-corrected chi connectivity index (χ1v) is 28.8. The summed E-state index contributed by atoms with van der Waals surface area (Å²) < 4.78 is 5.50. The number of benzene rings is 1. The van der Waals surface area contributed by atoms with Gasteiger partial charge in [-0.15, -0.1) is 0 Å². The summed E-state index contributed by atoms with van der Waals surface area (Å²) in [6.07, 6.45) is 3.65. The summed E-state index contributed by atoms with van der Waals surface area (Å²) in [5, 5.41) is -0.948. The molecule has 55 heavy (non-hydrogen) atoms. The number of esters is 1. The predicted octanol–water partition coefficient (Wildman–Crippen LogP) is 5.84. The monoisotopic (exact) mass is 824 g/mol. The van der Waals surface area contributed by atoms with Crippen LogP contribution in [0.1, 0.15) is 92.1 Å². The SMILES string of the molecule is CC(C)(CCCN(CCC(=O)OCc1ccccc1)C(=O)CN(CCCC(C)(C)[Si](C)(C)O)C(=O)CN(CCCC(C)(C)[Si](C)(C)O)C(=O)CN)[Si](C)(C)O. The summed E-state index contributed by atoms with van der Waals surface area (Å²) in [6, 6.07) is 9.36. The van der Waals surface area contributed by atoms with E-state index in [1.165, 1.54) is 9.80 Å². The highest BCUT2D eigenvalue weighted by Gasteiger charge is 2.40. The molecule has 0 aliphatic rings. The number of carbonyl (C=O) groups excluding carboxylic acids is 4. The van der Waals surface area contributed by atoms with E-state index in [0.29, 0.717) is 45.1 Å². The molecule has 0 unspecified atom stereocenters. The molecule has 0 spiro atoms. The zero-order chi connectivity index (χ0) is 42.5. The quantitative estimate of drug-likeness (QED) is 0.0698. The summed E-state index contributed by atoms with van der Waals surface area (Å²) in [7, 11) is -7.52. The summed E-state index contributed by atoms with van der Waals surface area (Å²) in [6.45, 7) is 23.8. The fraction of sp³-hybridized carbons (Fsp3) is 0.750. The van der Waals surface area contributed by atoms with Crippen molar-refractivity contribution in [3.05, 3.63) is 35.9 Å². The molecule has 15 heteroatoms. The van der Waals surface area contributed by atoms with Crippen LogP contribution in [0.5, 0.6) is 0 Å². The van der Waals surface area contributed by atoms with Gasteiger partial charge in [-0.2, -0.15) is 0 Å². The largest absolute Gasteiger partial charge is 0.461 e. The summed E-state index contributed by atoms with van der Waals surface area (Å²) in [4.78, 5) is 91.2. The second-order valence-corrected chi connectivity index (χ2v) is 32.2. The van der Waals surface area contributed by atoms with Crippen molar-refractivity contribution in [1.82, 2.24) is 14.7 Å². The van der Waals surface area contributed by atoms with Crippen LogP contribution >= 0.6 is 0 Å². The zero-order valence-corrected chi connectivity index (χ0v) is 39.3. The molecule has 0 bridgehead atoms. The van der Waals surface area contributed by atoms with E-state index >= 15 is 0 Å². The molecule has 0 aromatic heterocycles. The average molecular weight is 825 g/mol. The van der Waals surface area contributed by atoms with Crippen molar-refractivity contribution in [1.29, 1.82) is 0 Å². The minimum atomic E-state index is -2.54. The summed E-state index contributed by atoms with van der Waals surface area (Å²) >= 11 is 0. The lowest BCUT2D eigenvalue weighted by Crippen LogP contribution is -2.49. The van der Waals surface area contributed by atoms with Crippen LogP contribution in [-0.2, 0) is 30.5 Å². The molecule has 0 saturated heterocycles. The van der Waals surface area contributed by atoms with Crippen LogP contribution in [0.4, 0.5) is 0 Å². The van der Waals surface area contributed by atoms with Gasteiger partial charge in [0.1, 0.15) is 6.61 Å². The lowest BCUT2D eigenvalue weighted by molar-refractivity contribution is -0.147. The number of nitrogens with zero attached hydrogens (tertiary/aromatic N) is 3. The first-order chi connectivity index (χ1) is 25.0. The van der Waals surface area contributed by atoms with Gasteiger partial charge < -0.3 is 39.6 Å². The lowest BCUT2D eigenvalue weighted by Gasteiger charge is -2.37. The molecule has 12 nitrogen and oxygen atoms in total. The molecule has 0 aliphatic heterocycles. The standard InChI is InChI=1S/C40H76N4O8Si3/c1-38(2,53(7,8)49)22-16-25-42(28-21-37(48)52-32-33-19-14-13-15-20-33)35(46)30-44(27-18-24-40(5,6)55(11,12)51)36(47)31-43(34(45)29-41)26-17-23-39(3,4)54(9,10)50/h13-15,19-20,49-51H,16-18,21-32,41H2,1-12H3. The number of amides is 3. The number of hydrogen-bond donors (Lipinski definition) is 4. The van der Waals surface area contributed by atoms with Crippen LogP contribution in [-0.4, -0.2) is 124 Å². The van der Waals surface area contributed by atoms with Gasteiger partial charge in [0, 0.05) is 26.2 Å². The molecule has 0 heterocycles. The van der Waals surface area contributed by atoms with E-state index in [-0.39, 0.29) is 85.1 Å². The van der Waals surface area contributed by atoms with Crippen molar-refractivity contribution >= 4 is 48.6 Å². The van der Waals surface area contributed by atoms with Gasteiger partial charge in [-0.3, -0.25) is 19.2 Å². The molecule has 3 amide bonds. The van der Waals surface area contributed by atoms with Gasteiger partial charge in [-0.05, 0) is 98.5 Å². The third-order valence-electron chi connectivity index (χ3n) is 12.4. The summed E-state index contributed by atoms with van der Waals surface area (Å²) in [5.41, 5.74) is 6.63. The van der Waals surface area contributed by atoms with Crippen molar-refractivity contribution in [2.75, 3.05) is 45.8 Å². The van der Waals surface area contributed by atoms with E-state index < -0.39 is 30.9 Å². The van der Waals surface area contributed by atoms with E-state index in [0.717, 1.165) is 5.56 Å². The molecule has 0 fully saturated rings. The molecular weight excluding hydrogens is 749 g/mol. The Bertz CT molecular complexity index is 1370. The highest BCUT2D eigenvalue weighted by atomic mass is 28.4. The van der Waals surface area contributed by atoms with Crippen LogP contribution in [0.25, 0.3) is 0 Å². The molecule has 316 valence electrons. The molecule has 0 saturated carbocycles. The maximum absolute atomic E-state index is 14.2. The second kappa shape index (κ2) is 21.4. The number of carbonyl (C=O) groups is 4. The zero-order valence-electron chi connectivity index (χ0n) is 36.3. The third kappa shape index (κ3) is 17.3. The van der Waals surface area contributed by atoms with Crippen molar-refractivity contribution < 1.29 is 38.3 Å². The first-order valence-electron chi connectivity index (χ1n) is 19.9. The molecule has 1 aromatic rings. The molecule has 0 atom stereocenters. The van der Waals surface area contributed by atoms with Crippen molar-refractivity contribution in [3.63, 3.8) is 0 Å². The van der Waals surface area contributed by atoms with Gasteiger partial charge in [-0.25, -0.2) is 0 Å².